The van der Waals surface area contributed by atoms with Crippen molar-refractivity contribution in [2.75, 3.05) is 6.61 Å². The minimum atomic E-state index is 0.0410. The quantitative estimate of drug-likeness (QED) is 0.180. The molecule has 37 heavy (non-hydrogen) atoms. The summed E-state index contributed by atoms with van der Waals surface area (Å²) >= 11 is 0. The first-order valence-corrected chi connectivity index (χ1v) is 17.0. The van der Waals surface area contributed by atoms with E-state index >= 15 is 0 Å². The summed E-state index contributed by atoms with van der Waals surface area (Å²) in [6.07, 6.45) is 25.9. The third-order valence-corrected chi connectivity index (χ3v) is 12.8. The summed E-state index contributed by atoms with van der Waals surface area (Å²) < 4.78 is 5.61. The number of rotatable bonds is 13. The van der Waals surface area contributed by atoms with E-state index in [4.69, 9.17) is 4.74 Å². The maximum Gasteiger partial charge on any atom is 0.308 e. The third-order valence-electron chi connectivity index (χ3n) is 12.8. The van der Waals surface area contributed by atoms with Gasteiger partial charge in [0.2, 0.25) is 0 Å². The minimum Gasteiger partial charge on any atom is -0.465 e. The van der Waals surface area contributed by atoms with E-state index in [2.05, 4.69) is 34.6 Å². The first kappa shape index (κ1) is 29.5. The monoisotopic (exact) mass is 514 g/mol. The zero-order valence-electron chi connectivity index (χ0n) is 25.5. The van der Waals surface area contributed by atoms with Crippen molar-refractivity contribution in [2.45, 2.75) is 157 Å². The van der Waals surface area contributed by atoms with Gasteiger partial charge in [0.05, 0.1) is 12.5 Å². The fourth-order valence-corrected chi connectivity index (χ4v) is 10.5. The molecular weight excluding hydrogens is 452 g/mol. The molecule has 0 aromatic heterocycles. The van der Waals surface area contributed by atoms with E-state index in [1.54, 1.807) is 0 Å². The lowest BCUT2D eigenvalue weighted by Gasteiger charge is -2.61. The zero-order valence-corrected chi connectivity index (χ0v) is 25.5. The smallest absolute Gasteiger partial charge is 0.308 e. The molecule has 0 bridgehead atoms. The second-order valence-corrected chi connectivity index (χ2v) is 14.9. The molecule has 0 N–H and O–H groups in total. The molecule has 2 nitrogen and oxygen atoms in total. The Bertz CT molecular complexity index is 716. The lowest BCUT2D eigenvalue weighted by atomic mass is 9.44. The molecule has 0 saturated heterocycles. The summed E-state index contributed by atoms with van der Waals surface area (Å²) in [6.45, 7) is 12.9. The standard InChI is InChI=1S/C35H62O2/c1-6-7-8-9-10-13-25-37-33(36)27(3)16-14-15-26(2)30-20-21-31-29-19-18-28-17-11-12-23-34(28,4)32(29)22-24-35(30,31)5/h26-32H,6-25H2,1-5H3/t26-,27?,28?,29+,30-,31+,32+,34+,35-/m1/s1. The lowest BCUT2D eigenvalue weighted by molar-refractivity contribution is -0.148. The predicted molar refractivity (Wildman–Crippen MR) is 156 cm³/mol. The van der Waals surface area contributed by atoms with E-state index in [9.17, 15) is 4.79 Å². The molecule has 0 spiro atoms. The van der Waals surface area contributed by atoms with Crippen molar-refractivity contribution in [3.63, 3.8) is 0 Å². The van der Waals surface area contributed by atoms with E-state index < -0.39 is 0 Å². The molecule has 0 aliphatic heterocycles. The van der Waals surface area contributed by atoms with Gasteiger partial charge in [-0.05, 0) is 111 Å². The van der Waals surface area contributed by atoms with Gasteiger partial charge in [0.25, 0.3) is 0 Å². The van der Waals surface area contributed by atoms with Gasteiger partial charge in [-0.15, -0.1) is 0 Å². The van der Waals surface area contributed by atoms with E-state index in [1.807, 2.05) is 0 Å². The summed E-state index contributed by atoms with van der Waals surface area (Å²) in [5, 5.41) is 0. The maximum atomic E-state index is 12.5. The molecule has 4 fully saturated rings. The number of carbonyl (C=O) groups excluding carboxylic acids is 1. The Balaban J connectivity index is 1.20. The van der Waals surface area contributed by atoms with Crippen LogP contribution in [0.5, 0.6) is 0 Å². The molecule has 2 heteroatoms. The summed E-state index contributed by atoms with van der Waals surface area (Å²) in [5.74, 6) is 5.82. The molecule has 2 unspecified atom stereocenters. The Hall–Kier alpha value is -0.530. The minimum absolute atomic E-state index is 0.0410. The summed E-state index contributed by atoms with van der Waals surface area (Å²) in [4.78, 5) is 12.5. The van der Waals surface area contributed by atoms with Crippen LogP contribution in [0, 0.1) is 52.3 Å². The van der Waals surface area contributed by atoms with E-state index in [0.717, 1.165) is 48.3 Å². The maximum absolute atomic E-state index is 12.5. The predicted octanol–water partition coefficient (Wildman–Crippen LogP) is 10.4. The summed E-state index contributed by atoms with van der Waals surface area (Å²) in [5.41, 5.74) is 1.23. The second-order valence-electron chi connectivity index (χ2n) is 14.9. The van der Waals surface area contributed by atoms with Gasteiger partial charge in [-0.1, -0.05) is 92.4 Å². The van der Waals surface area contributed by atoms with E-state index in [1.165, 1.54) is 109 Å². The molecule has 0 heterocycles. The van der Waals surface area contributed by atoms with Gasteiger partial charge in [0.15, 0.2) is 0 Å². The number of hydrogen-bond donors (Lipinski definition) is 0. The Morgan fingerprint density at radius 2 is 1.54 bits per heavy atom. The fraction of sp³-hybridized carbons (Fsp3) is 0.971. The molecule has 4 aliphatic carbocycles. The van der Waals surface area contributed by atoms with Crippen molar-refractivity contribution >= 4 is 5.97 Å². The van der Waals surface area contributed by atoms with E-state index in [-0.39, 0.29) is 11.9 Å². The summed E-state index contributed by atoms with van der Waals surface area (Å²) in [6, 6.07) is 0. The van der Waals surface area contributed by atoms with Gasteiger partial charge in [0, 0.05) is 0 Å². The van der Waals surface area contributed by atoms with Crippen LogP contribution in [-0.2, 0) is 9.53 Å². The average molecular weight is 515 g/mol. The number of carbonyl (C=O) groups is 1. The second kappa shape index (κ2) is 13.2. The van der Waals surface area contributed by atoms with Gasteiger partial charge >= 0.3 is 5.97 Å². The van der Waals surface area contributed by atoms with Crippen LogP contribution in [0.2, 0.25) is 0 Å². The lowest BCUT2D eigenvalue weighted by Crippen LogP contribution is -2.53. The van der Waals surface area contributed by atoms with Gasteiger partial charge in [-0.25, -0.2) is 0 Å². The van der Waals surface area contributed by atoms with Gasteiger partial charge in [-0.3, -0.25) is 4.79 Å². The van der Waals surface area contributed by atoms with Crippen molar-refractivity contribution in [3.05, 3.63) is 0 Å². The van der Waals surface area contributed by atoms with Crippen molar-refractivity contribution in [3.8, 4) is 0 Å². The molecule has 0 aromatic carbocycles. The van der Waals surface area contributed by atoms with Crippen LogP contribution in [-0.4, -0.2) is 12.6 Å². The number of unbranched alkanes of at least 4 members (excludes halogenated alkanes) is 5. The molecule has 4 aliphatic rings. The largest absolute Gasteiger partial charge is 0.465 e. The molecule has 214 valence electrons. The first-order valence-electron chi connectivity index (χ1n) is 17.0. The Kier molecular flexibility index (Phi) is 10.5. The Morgan fingerprint density at radius 1 is 0.784 bits per heavy atom. The molecule has 0 radical (unpaired) electrons. The number of ether oxygens (including phenoxy) is 1. The molecule has 0 amide bonds. The van der Waals surface area contributed by atoms with Crippen LogP contribution in [0.4, 0.5) is 0 Å². The first-order chi connectivity index (χ1) is 17.8. The van der Waals surface area contributed by atoms with Crippen molar-refractivity contribution in [1.82, 2.24) is 0 Å². The highest BCUT2D eigenvalue weighted by Crippen LogP contribution is 2.68. The number of esters is 1. The van der Waals surface area contributed by atoms with Crippen molar-refractivity contribution < 1.29 is 9.53 Å². The highest BCUT2D eigenvalue weighted by atomic mass is 16.5. The fourth-order valence-electron chi connectivity index (χ4n) is 10.5. The van der Waals surface area contributed by atoms with Crippen LogP contribution in [0.25, 0.3) is 0 Å². The average Bonchev–Trinajstić information content (AvgIpc) is 3.24. The highest BCUT2D eigenvalue weighted by Gasteiger charge is 2.60. The van der Waals surface area contributed by atoms with Gasteiger partial charge in [0.1, 0.15) is 0 Å². The molecule has 4 saturated carbocycles. The molecule has 9 atom stereocenters. The van der Waals surface area contributed by atoms with Crippen molar-refractivity contribution in [2.24, 2.45) is 52.3 Å². The highest BCUT2D eigenvalue weighted by molar-refractivity contribution is 5.71. The Labute approximate surface area is 230 Å². The SMILES string of the molecule is CCCCCCCCOC(=O)C(C)CCC[C@@H](C)[C@H]1CC[C@H]2[C@@H]3CCC4CCCC[C@]4(C)[C@H]3CC[C@]12C. The molecular formula is C35H62O2. The van der Waals surface area contributed by atoms with Crippen LogP contribution in [0.3, 0.4) is 0 Å². The van der Waals surface area contributed by atoms with Crippen LogP contribution >= 0.6 is 0 Å². The summed E-state index contributed by atoms with van der Waals surface area (Å²) in [7, 11) is 0. The zero-order chi connectivity index (χ0) is 26.5. The van der Waals surface area contributed by atoms with Crippen LogP contribution < -0.4 is 0 Å². The Morgan fingerprint density at radius 3 is 2.35 bits per heavy atom. The number of hydrogen-bond acceptors (Lipinski definition) is 2. The van der Waals surface area contributed by atoms with E-state index in [0.29, 0.717) is 17.4 Å². The van der Waals surface area contributed by atoms with Crippen LogP contribution in [0.15, 0.2) is 0 Å². The topological polar surface area (TPSA) is 26.3 Å². The number of fused-ring (bicyclic) bond motifs is 5. The van der Waals surface area contributed by atoms with Crippen LogP contribution in [0.1, 0.15) is 157 Å². The van der Waals surface area contributed by atoms with Crippen molar-refractivity contribution in [1.29, 1.82) is 0 Å². The van der Waals surface area contributed by atoms with Gasteiger partial charge < -0.3 is 4.74 Å². The normalized spacial score (nSPS) is 38.8. The van der Waals surface area contributed by atoms with Gasteiger partial charge in [-0.2, -0.15) is 0 Å². The molecule has 0 aromatic rings. The third kappa shape index (κ3) is 6.45. The molecule has 4 rings (SSSR count).